The Balaban J connectivity index is 1.69. The molecule has 1 aliphatic rings. The lowest BCUT2D eigenvalue weighted by Crippen LogP contribution is -2.23. The maximum absolute atomic E-state index is 8.93. The van der Waals surface area contributed by atoms with Crippen LogP contribution in [-0.2, 0) is 22.5 Å². The highest BCUT2D eigenvalue weighted by Crippen LogP contribution is 2.14. The Morgan fingerprint density at radius 2 is 1.94 bits per heavy atom. The molecule has 0 radical (unpaired) electrons. The van der Waals surface area contributed by atoms with Crippen molar-refractivity contribution < 1.29 is 14.6 Å². The second kappa shape index (κ2) is 6.74. The largest absolute Gasteiger partial charge is 0.392 e. The van der Waals surface area contributed by atoms with Gasteiger partial charge in [0.25, 0.3) is 0 Å². The molecule has 2 rings (SSSR count). The summed E-state index contributed by atoms with van der Waals surface area (Å²) in [4.78, 5) is 0. The van der Waals surface area contributed by atoms with E-state index in [0.717, 1.165) is 31.4 Å². The molecule has 3 heteroatoms. The number of ether oxygens (including phenoxy) is 2. The molecule has 0 bridgehead atoms. The molecule has 1 aliphatic heterocycles. The SMILES string of the molecule is OCc1ccc(CCO[C@H]2CCCCO2)cc1. The van der Waals surface area contributed by atoms with Crippen LogP contribution in [0.1, 0.15) is 30.4 Å². The fourth-order valence-electron chi connectivity index (χ4n) is 1.96. The molecule has 1 saturated heterocycles. The van der Waals surface area contributed by atoms with Gasteiger partial charge in [-0.05, 0) is 36.8 Å². The first-order chi connectivity index (χ1) is 8.38. The van der Waals surface area contributed by atoms with E-state index in [-0.39, 0.29) is 12.9 Å². The molecule has 94 valence electrons. The number of rotatable bonds is 5. The van der Waals surface area contributed by atoms with Gasteiger partial charge in [-0.2, -0.15) is 0 Å². The van der Waals surface area contributed by atoms with Crippen LogP contribution in [0.3, 0.4) is 0 Å². The summed E-state index contributed by atoms with van der Waals surface area (Å²) in [6, 6.07) is 7.98. The quantitative estimate of drug-likeness (QED) is 0.852. The zero-order valence-corrected chi connectivity index (χ0v) is 10.1. The summed E-state index contributed by atoms with van der Waals surface area (Å²) in [5.41, 5.74) is 2.18. The summed E-state index contributed by atoms with van der Waals surface area (Å²) in [6.07, 6.45) is 4.27. The Bertz CT molecular complexity index is 315. The van der Waals surface area contributed by atoms with E-state index in [2.05, 4.69) is 0 Å². The van der Waals surface area contributed by atoms with Crippen molar-refractivity contribution in [3.8, 4) is 0 Å². The first kappa shape index (κ1) is 12.6. The van der Waals surface area contributed by atoms with Crippen LogP contribution in [0.2, 0.25) is 0 Å². The normalized spacial score (nSPS) is 20.4. The van der Waals surface area contributed by atoms with Gasteiger partial charge in [-0.15, -0.1) is 0 Å². The summed E-state index contributed by atoms with van der Waals surface area (Å²) in [5.74, 6) is 0. The summed E-state index contributed by atoms with van der Waals surface area (Å²) in [7, 11) is 0. The summed E-state index contributed by atoms with van der Waals surface area (Å²) in [6.45, 7) is 1.63. The number of benzene rings is 1. The zero-order chi connectivity index (χ0) is 11.9. The molecule has 0 saturated carbocycles. The fraction of sp³-hybridized carbons (Fsp3) is 0.571. The van der Waals surface area contributed by atoms with E-state index in [9.17, 15) is 0 Å². The molecule has 1 fully saturated rings. The Hall–Kier alpha value is -0.900. The van der Waals surface area contributed by atoms with E-state index in [4.69, 9.17) is 14.6 Å². The highest BCUT2D eigenvalue weighted by atomic mass is 16.7. The highest BCUT2D eigenvalue weighted by molar-refractivity contribution is 5.21. The number of hydrogen-bond donors (Lipinski definition) is 1. The lowest BCUT2D eigenvalue weighted by atomic mass is 10.1. The minimum absolute atomic E-state index is 0.000431. The van der Waals surface area contributed by atoms with E-state index in [1.54, 1.807) is 0 Å². The van der Waals surface area contributed by atoms with Crippen LogP contribution in [0.5, 0.6) is 0 Å². The van der Waals surface area contributed by atoms with Gasteiger partial charge in [0.2, 0.25) is 0 Å². The average Bonchev–Trinajstić information content (AvgIpc) is 2.41. The van der Waals surface area contributed by atoms with Crippen LogP contribution in [-0.4, -0.2) is 24.6 Å². The molecule has 17 heavy (non-hydrogen) atoms. The molecule has 0 aromatic heterocycles. The van der Waals surface area contributed by atoms with Gasteiger partial charge >= 0.3 is 0 Å². The maximum Gasteiger partial charge on any atom is 0.157 e. The van der Waals surface area contributed by atoms with E-state index in [0.29, 0.717) is 6.61 Å². The molecule has 1 atom stereocenters. The molecule has 1 N–H and O–H groups in total. The Morgan fingerprint density at radius 3 is 2.59 bits per heavy atom. The molecule has 1 aromatic rings. The van der Waals surface area contributed by atoms with Crippen LogP contribution in [0.4, 0.5) is 0 Å². The van der Waals surface area contributed by atoms with Gasteiger partial charge in [0.15, 0.2) is 6.29 Å². The van der Waals surface area contributed by atoms with Gasteiger partial charge in [0, 0.05) is 6.61 Å². The topological polar surface area (TPSA) is 38.7 Å². The summed E-state index contributed by atoms with van der Waals surface area (Å²) >= 11 is 0. The fourth-order valence-corrected chi connectivity index (χ4v) is 1.96. The Kier molecular flexibility index (Phi) is 4.98. The van der Waals surface area contributed by atoms with Crippen LogP contribution in [0.25, 0.3) is 0 Å². The molecule has 0 amide bonds. The second-order valence-electron chi connectivity index (χ2n) is 4.39. The van der Waals surface area contributed by atoms with E-state index in [1.807, 2.05) is 24.3 Å². The standard InChI is InChI=1S/C14H20O3/c15-11-13-6-4-12(5-7-13)8-10-17-14-3-1-2-9-16-14/h4-7,14-15H,1-3,8-11H2/t14-/m0/s1. The molecule has 3 nitrogen and oxygen atoms in total. The lowest BCUT2D eigenvalue weighted by Gasteiger charge is -2.22. The van der Waals surface area contributed by atoms with Crippen molar-refractivity contribution >= 4 is 0 Å². The highest BCUT2D eigenvalue weighted by Gasteiger charge is 2.13. The molecule has 0 unspecified atom stereocenters. The molecule has 0 spiro atoms. The summed E-state index contributed by atoms with van der Waals surface area (Å²) in [5, 5.41) is 8.93. The molecule has 1 aromatic carbocycles. The Labute approximate surface area is 102 Å². The third-order valence-corrected chi connectivity index (χ3v) is 3.04. The third kappa shape index (κ3) is 4.11. The van der Waals surface area contributed by atoms with Gasteiger partial charge in [0.1, 0.15) is 0 Å². The lowest BCUT2D eigenvalue weighted by molar-refractivity contribution is -0.161. The predicted octanol–water partition coefficient (Wildman–Crippen LogP) is 2.26. The first-order valence-electron chi connectivity index (χ1n) is 6.30. The van der Waals surface area contributed by atoms with Crippen molar-refractivity contribution in [2.75, 3.05) is 13.2 Å². The smallest absolute Gasteiger partial charge is 0.157 e. The Morgan fingerprint density at radius 1 is 1.18 bits per heavy atom. The average molecular weight is 236 g/mol. The number of aliphatic hydroxyl groups excluding tert-OH is 1. The second-order valence-corrected chi connectivity index (χ2v) is 4.39. The first-order valence-corrected chi connectivity index (χ1v) is 6.30. The van der Waals surface area contributed by atoms with E-state index < -0.39 is 0 Å². The van der Waals surface area contributed by atoms with Gasteiger partial charge in [-0.1, -0.05) is 24.3 Å². The predicted molar refractivity (Wildman–Crippen MR) is 65.6 cm³/mol. The van der Waals surface area contributed by atoms with Crippen LogP contribution in [0, 0.1) is 0 Å². The van der Waals surface area contributed by atoms with Crippen LogP contribution >= 0.6 is 0 Å². The number of hydrogen-bond acceptors (Lipinski definition) is 3. The van der Waals surface area contributed by atoms with Gasteiger partial charge < -0.3 is 14.6 Å². The van der Waals surface area contributed by atoms with Crippen molar-refractivity contribution in [1.29, 1.82) is 0 Å². The zero-order valence-electron chi connectivity index (χ0n) is 10.1. The molecule has 1 heterocycles. The third-order valence-electron chi connectivity index (χ3n) is 3.04. The monoisotopic (exact) mass is 236 g/mol. The number of aliphatic hydroxyl groups is 1. The van der Waals surface area contributed by atoms with Crippen LogP contribution < -0.4 is 0 Å². The summed E-state index contributed by atoms with van der Waals surface area (Å²) < 4.78 is 11.2. The van der Waals surface area contributed by atoms with Crippen LogP contribution in [0.15, 0.2) is 24.3 Å². The van der Waals surface area contributed by atoms with E-state index >= 15 is 0 Å². The van der Waals surface area contributed by atoms with Gasteiger partial charge in [-0.3, -0.25) is 0 Å². The minimum atomic E-state index is 0.000431. The van der Waals surface area contributed by atoms with Crippen molar-refractivity contribution in [3.05, 3.63) is 35.4 Å². The maximum atomic E-state index is 8.93. The van der Waals surface area contributed by atoms with E-state index in [1.165, 1.54) is 12.0 Å². The van der Waals surface area contributed by atoms with Gasteiger partial charge in [-0.25, -0.2) is 0 Å². The molecule has 0 aliphatic carbocycles. The minimum Gasteiger partial charge on any atom is -0.392 e. The molecular weight excluding hydrogens is 216 g/mol. The molecular formula is C14H20O3. The van der Waals surface area contributed by atoms with Crippen molar-refractivity contribution in [1.82, 2.24) is 0 Å². The van der Waals surface area contributed by atoms with Crippen molar-refractivity contribution in [2.45, 2.75) is 38.6 Å². The van der Waals surface area contributed by atoms with Crippen molar-refractivity contribution in [3.63, 3.8) is 0 Å². The van der Waals surface area contributed by atoms with Gasteiger partial charge in [0.05, 0.1) is 13.2 Å². The van der Waals surface area contributed by atoms with Crippen molar-refractivity contribution in [2.24, 2.45) is 0 Å².